The first-order valence-electron chi connectivity index (χ1n) is 6.29. The molecule has 0 saturated heterocycles. The number of halogens is 1. The summed E-state index contributed by atoms with van der Waals surface area (Å²) in [5, 5.41) is 4.58. The van der Waals surface area contributed by atoms with E-state index in [4.69, 9.17) is 4.99 Å². The molecule has 18 heavy (non-hydrogen) atoms. The van der Waals surface area contributed by atoms with E-state index in [1.807, 2.05) is 17.8 Å². The summed E-state index contributed by atoms with van der Waals surface area (Å²) in [5.41, 5.74) is 1.28. The van der Waals surface area contributed by atoms with E-state index in [0.29, 0.717) is 18.0 Å². The molecule has 0 spiro atoms. The number of nitrogens with zero attached hydrogens (tertiary/aromatic N) is 1. The summed E-state index contributed by atoms with van der Waals surface area (Å²) in [5.74, 6) is 1.73. The molecule has 1 aliphatic heterocycles. The lowest BCUT2D eigenvalue weighted by molar-refractivity contribution is 0.541. The van der Waals surface area contributed by atoms with Crippen LogP contribution in [0.5, 0.6) is 0 Å². The highest BCUT2D eigenvalue weighted by Gasteiger charge is 2.22. The number of benzene rings is 1. The van der Waals surface area contributed by atoms with Crippen molar-refractivity contribution < 1.29 is 0 Å². The van der Waals surface area contributed by atoms with Gasteiger partial charge < -0.3 is 5.32 Å². The molecule has 1 aromatic carbocycles. The van der Waals surface area contributed by atoms with Gasteiger partial charge in [-0.15, -0.1) is 0 Å². The van der Waals surface area contributed by atoms with Gasteiger partial charge in [0.15, 0.2) is 5.17 Å². The maximum Gasteiger partial charge on any atom is 0.157 e. The summed E-state index contributed by atoms with van der Waals surface area (Å²) in [6.45, 7) is 6.64. The molecule has 2 unspecified atom stereocenters. The van der Waals surface area contributed by atoms with Crippen LogP contribution in [-0.4, -0.2) is 17.0 Å². The van der Waals surface area contributed by atoms with Crippen molar-refractivity contribution in [3.63, 3.8) is 0 Å². The summed E-state index contributed by atoms with van der Waals surface area (Å²) in [6, 6.07) is 9.16. The van der Waals surface area contributed by atoms with Gasteiger partial charge in [0.1, 0.15) is 0 Å². The Morgan fingerprint density at radius 2 is 2.17 bits per heavy atom. The van der Waals surface area contributed by atoms with Gasteiger partial charge in [0.25, 0.3) is 0 Å². The average Bonchev–Trinajstić information content (AvgIpc) is 2.77. The number of nitrogens with one attached hydrogen (secondary N) is 1. The second-order valence-corrected chi connectivity index (χ2v) is 6.90. The molecular weight excluding hydrogens is 308 g/mol. The van der Waals surface area contributed by atoms with Crippen molar-refractivity contribution in [1.82, 2.24) is 5.32 Å². The van der Waals surface area contributed by atoms with E-state index < -0.39 is 0 Å². The molecule has 0 aliphatic carbocycles. The molecule has 0 radical (unpaired) electrons. The normalized spacial score (nSPS) is 20.9. The Bertz CT molecular complexity index is 445. The maximum absolute atomic E-state index is 4.73. The fraction of sp³-hybridized carbons (Fsp3) is 0.500. The van der Waals surface area contributed by atoms with E-state index >= 15 is 0 Å². The minimum absolute atomic E-state index is 0.291. The SMILES string of the molecule is CC(NC1=NC(C(C)C)CS1)c1cccc(Br)c1. The van der Waals surface area contributed by atoms with Crippen LogP contribution in [0.3, 0.4) is 0 Å². The summed E-state index contributed by atoms with van der Waals surface area (Å²) < 4.78 is 1.12. The predicted octanol–water partition coefficient (Wildman–Crippen LogP) is 4.23. The van der Waals surface area contributed by atoms with Crippen LogP contribution in [0.25, 0.3) is 0 Å². The van der Waals surface area contributed by atoms with Crippen molar-refractivity contribution in [2.75, 3.05) is 5.75 Å². The van der Waals surface area contributed by atoms with Gasteiger partial charge >= 0.3 is 0 Å². The lowest BCUT2D eigenvalue weighted by Crippen LogP contribution is -2.23. The van der Waals surface area contributed by atoms with Gasteiger partial charge in [-0.1, -0.05) is 53.7 Å². The quantitative estimate of drug-likeness (QED) is 0.898. The highest BCUT2D eigenvalue weighted by molar-refractivity contribution is 9.10. The number of aliphatic imine (C=N–C) groups is 1. The number of hydrogen-bond acceptors (Lipinski definition) is 3. The first-order chi connectivity index (χ1) is 8.56. The minimum atomic E-state index is 0.291. The van der Waals surface area contributed by atoms with Crippen molar-refractivity contribution >= 4 is 32.9 Å². The van der Waals surface area contributed by atoms with E-state index in [1.54, 1.807) is 0 Å². The molecule has 0 amide bonds. The molecule has 1 aromatic rings. The Morgan fingerprint density at radius 1 is 1.39 bits per heavy atom. The van der Waals surface area contributed by atoms with Crippen molar-refractivity contribution in [2.24, 2.45) is 10.9 Å². The zero-order valence-corrected chi connectivity index (χ0v) is 13.4. The molecular formula is C14H19BrN2S. The predicted molar refractivity (Wildman–Crippen MR) is 84.2 cm³/mol. The van der Waals surface area contributed by atoms with Crippen molar-refractivity contribution in [3.8, 4) is 0 Å². The minimum Gasteiger partial charge on any atom is -0.358 e. The Morgan fingerprint density at radius 3 is 2.78 bits per heavy atom. The second kappa shape index (κ2) is 6.11. The maximum atomic E-state index is 4.73. The standard InChI is InChI=1S/C14H19BrN2S/c1-9(2)13-8-18-14(17-13)16-10(3)11-5-4-6-12(15)7-11/h4-7,9-10,13H,8H2,1-3H3,(H,16,17). The topological polar surface area (TPSA) is 24.4 Å². The lowest BCUT2D eigenvalue weighted by atomic mass is 10.1. The monoisotopic (exact) mass is 326 g/mol. The first kappa shape index (κ1) is 13.9. The summed E-state index contributed by atoms with van der Waals surface area (Å²) in [6.07, 6.45) is 0. The number of thioether (sulfide) groups is 1. The van der Waals surface area contributed by atoms with Crippen molar-refractivity contribution in [2.45, 2.75) is 32.9 Å². The second-order valence-electron chi connectivity index (χ2n) is 4.98. The molecule has 2 rings (SSSR count). The van der Waals surface area contributed by atoms with Gasteiger partial charge in [0.2, 0.25) is 0 Å². The van der Waals surface area contributed by atoms with Gasteiger partial charge in [-0.3, -0.25) is 4.99 Å². The third-order valence-corrected chi connectivity index (χ3v) is 4.63. The lowest BCUT2D eigenvalue weighted by Gasteiger charge is -2.15. The van der Waals surface area contributed by atoms with Gasteiger partial charge in [-0.25, -0.2) is 0 Å². The van der Waals surface area contributed by atoms with Crippen LogP contribution in [0.4, 0.5) is 0 Å². The highest BCUT2D eigenvalue weighted by atomic mass is 79.9. The third kappa shape index (κ3) is 3.51. The van der Waals surface area contributed by atoms with Gasteiger partial charge in [-0.05, 0) is 30.5 Å². The summed E-state index contributed by atoms with van der Waals surface area (Å²) in [4.78, 5) is 4.73. The van der Waals surface area contributed by atoms with Crippen LogP contribution >= 0.6 is 27.7 Å². The molecule has 2 nitrogen and oxygen atoms in total. The van der Waals surface area contributed by atoms with E-state index in [-0.39, 0.29) is 0 Å². The molecule has 98 valence electrons. The van der Waals surface area contributed by atoms with E-state index in [0.717, 1.165) is 15.4 Å². The average molecular weight is 327 g/mol. The van der Waals surface area contributed by atoms with Crippen LogP contribution in [0.15, 0.2) is 33.7 Å². The molecule has 0 aromatic heterocycles. The fourth-order valence-corrected chi connectivity index (χ4v) is 3.53. The molecule has 0 saturated carbocycles. The Kier molecular flexibility index (Phi) is 4.73. The molecule has 1 N–H and O–H groups in total. The largest absolute Gasteiger partial charge is 0.358 e. The van der Waals surface area contributed by atoms with E-state index in [9.17, 15) is 0 Å². The summed E-state index contributed by atoms with van der Waals surface area (Å²) >= 11 is 5.34. The van der Waals surface area contributed by atoms with Crippen molar-refractivity contribution in [1.29, 1.82) is 0 Å². The Balaban J connectivity index is 2.00. The van der Waals surface area contributed by atoms with Crippen LogP contribution in [-0.2, 0) is 0 Å². The first-order valence-corrected chi connectivity index (χ1v) is 8.06. The van der Waals surface area contributed by atoms with Crippen LogP contribution in [0.1, 0.15) is 32.4 Å². The highest BCUT2D eigenvalue weighted by Crippen LogP contribution is 2.24. The number of amidine groups is 1. The zero-order valence-electron chi connectivity index (χ0n) is 11.0. The Labute approximate surface area is 122 Å². The van der Waals surface area contributed by atoms with E-state index in [1.165, 1.54) is 5.56 Å². The molecule has 4 heteroatoms. The molecule has 1 aliphatic rings. The zero-order chi connectivity index (χ0) is 13.1. The van der Waals surface area contributed by atoms with Crippen LogP contribution in [0, 0.1) is 5.92 Å². The number of hydrogen-bond donors (Lipinski definition) is 1. The Hall–Kier alpha value is -0.480. The number of rotatable bonds is 3. The molecule has 2 atom stereocenters. The van der Waals surface area contributed by atoms with E-state index in [2.05, 4.69) is 60.2 Å². The van der Waals surface area contributed by atoms with Crippen LogP contribution < -0.4 is 5.32 Å². The molecule has 0 fully saturated rings. The van der Waals surface area contributed by atoms with Crippen molar-refractivity contribution in [3.05, 3.63) is 34.3 Å². The van der Waals surface area contributed by atoms with Gasteiger partial charge in [-0.2, -0.15) is 0 Å². The molecule has 0 bridgehead atoms. The third-order valence-electron chi connectivity index (χ3n) is 3.13. The molecule has 1 heterocycles. The van der Waals surface area contributed by atoms with Gasteiger partial charge in [0.05, 0.1) is 12.1 Å². The summed E-state index contributed by atoms with van der Waals surface area (Å²) in [7, 11) is 0. The van der Waals surface area contributed by atoms with Crippen LogP contribution in [0.2, 0.25) is 0 Å². The fourth-order valence-electron chi connectivity index (χ4n) is 1.85. The van der Waals surface area contributed by atoms with Gasteiger partial charge in [0, 0.05) is 10.2 Å². The smallest absolute Gasteiger partial charge is 0.157 e.